The van der Waals surface area contributed by atoms with Crippen molar-refractivity contribution in [3.05, 3.63) is 67.9 Å². The van der Waals surface area contributed by atoms with Gasteiger partial charge in [-0.25, -0.2) is 13.2 Å². The largest absolute Gasteiger partial charge is 0.324 e. The first-order chi connectivity index (χ1) is 9.38. The third-order valence-corrected chi connectivity index (χ3v) is 4.11. The van der Waals surface area contributed by atoms with Gasteiger partial charge in [0.05, 0.1) is 4.47 Å². The number of rotatable bonds is 3. The summed E-state index contributed by atoms with van der Waals surface area (Å²) in [4.78, 5) is 0. The first kappa shape index (κ1) is 15.5. The molecule has 0 radical (unpaired) electrons. The molecule has 0 saturated carbocycles. The maximum atomic E-state index is 13.5. The van der Waals surface area contributed by atoms with E-state index in [0.717, 1.165) is 6.07 Å². The Balaban J connectivity index is 2.28. The van der Waals surface area contributed by atoms with Crippen LogP contribution in [0.5, 0.6) is 0 Å². The van der Waals surface area contributed by atoms with Crippen LogP contribution in [0.3, 0.4) is 0 Å². The molecular weight excluding hydrogens is 399 g/mol. The Labute approximate surface area is 131 Å². The van der Waals surface area contributed by atoms with Gasteiger partial charge in [0.15, 0.2) is 11.6 Å². The summed E-state index contributed by atoms with van der Waals surface area (Å²) < 4.78 is 40.4. The lowest BCUT2D eigenvalue weighted by Crippen LogP contribution is -2.15. The van der Waals surface area contributed by atoms with Crippen LogP contribution in [0, 0.1) is 17.5 Å². The van der Waals surface area contributed by atoms with Crippen LogP contribution in [-0.2, 0) is 6.42 Å². The lowest BCUT2D eigenvalue weighted by atomic mass is 9.99. The summed E-state index contributed by atoms with van der Waals surface area (Å²) in [6.45, 7) is 0. The van der Waals surface area contributed by atoms with Gasteiger partial charge in [0.1, 0.15) is 5.82 Å². The average Bonchev–Trinajstić information content (AvgIpc) is 2.34. The van der Waals surface area contributed by atoms with E-state index in [2.05, 4.69) is 31.9 Å². The van der Waals surface area contributed by atoms with E-state index in [9.17, 15) is 13.2 Å². The normalized spacial score (nSPS) is 12.5. The zero-order valence-corrected chi connectivity index (χ0v) is 13.3. The summed E-state index contributed by atoms with van der Waals surface area (Å²) >= 11 is 6.19. The van der Waals surface area contributed by atoms with Crippen LogP contribution >= 0.6 is 31.9 Å². The number of benzene rings is 2. The molecule has 106 valence electrons. The van der Waals surface area contributed by atoms with E-state index in [1.807, 2.05) is 0 Å². The van der Waals surface area contributed by atoms with Crippen LogP contribution in [-0.4, -0.2) is 0 Å². The first-order valence-electron chi connectivity index (χ1n) is 5.72. The van der Waals surface area contributed by atoms with E-state index >= 15 is 0 Å². The molecule has 0 bridgehead atoms. The molecule has 0 aliphatic carbocycles. The molecule has 1 unspecified atom stereocenters. The predicted octanol–water partition coefficient (Wildman–Crippen LogP) is 4.87. The minimum Gasteiger partial charge on any atom is -0.324 e. The van der Waals surface area contributed by atoms with Crippen molar-refractivity contribution in [3.63, 3.8) is 0 Å². The van der Waals surface area contributed by atoms with E-state index in [4.69, 9.17) is 5.73 Å². The van der Waals surface area contributed by atoms with E-state index in [0.29, 0.717) is 22.0 Å². The Morgan fingerprint density at radius 3 is 2.40 bits per heavy atom. The molecule has 1 nitrogen and oxygen atoms in total. The van der Waals surface area contributed by atoms with E-state index < -0.39 is 17.7 Å². The first-order valence-corrected chi connectivity index (χ1v) is 7.31. The topological polar surface area (TPSA) is 26.0 Å². The maximum absolute atomic E-state index is 13.5. The molecule has 1 atom stereocenters. The Kier molecular flexibility index (Phi) is 4.88. The minimum absolute atomic E-state index is 0.000434. The fraction of sp³-hybridized carbons (Fsp3) is 0.143. The molecule has 20 heavy (non-hydrogen) atoms. The highest BCUT2D eigenvalue weighted by Gasteiger charge is 2.17. The van der Waals surface area contributed by atoms with Crippen LogP contribution in [0.1, 0.15) is 17.2 Å². The number of hydrogen-bond acceptors (Lipinski definition) is 1. The zero-order valence-electron chi connectivity index (χ0n) is 10.1. The second kappa shape index (κ2) is 6.28. The van der Waals surface area contributed by atoms with Gasteiger partial charge in [0.2, 0.25) is 0 Å². The second-order valence-electron chi connectivity index (χ2n) is 4.35. The SMILES string of the molecule is NC(Cc1cc(F)cc(Br)c1)c1ccc(F)c(F)c1Br. The zero-order chi connectivity index (χ0) is 14.9. The molecule has 0 amide bonds. The molecule has 0 spiro atoms. The van der Waals surface area contributed by atoms with Gasteiger partial charge in [-0.1, -0.05) is 22.0 Å². The van der Waals surface area contributed by atoms with Crippen molar-refractivity contribution in [1.29, 1.82) is 0 Å². The van der Waals surface area contributed by atoms with Crippen molar-refractivity contribution in [3.8, 4) is 0 Å². The standard InChI is InChI=1S/C14H10Br2F3N/c15-8-3-7(4-9(17)6-8)5-12(20)10-1-2-11(18)14(19)13(10)16/h1-4,6,12H,5,20H2. The van der Waals surface area contributed by atoms with Crippen LogP contribution in [0.4, 0.5) is 13.2 Å². The summed E-state index contributed by atoms with van der Waals surface area (Å²) in [5.41, 5.74) is 7.09. The molecule has 2 aromatic rings. The number of nitrogens with two attached hydrogens (primary N) is 1. The Morgan fingerprint density at radius 1 is 1.05 bits per heavy atom. The van der Waals surface area contributed by atoms with Crippen LogP contribution in [0.2, 0.25) is 0 Å². The van der Waals surface area contributed by atoms with Crippen molar-refractivity contribution >= 4 is 31.9 Å². The van der Waals surface area contributed by atoms with Gasteiger partial charge in [-0.3, -0.25) is 0 Å². The Morgan fingerprint density at radius 2 is 1.75 bits per heavy atom. The lowest BCUT2D eigenvalue weighted by Gasteiger charge is -2.15. The Bertz CT molecular complexity index is 626. The second-order valence-corrected chi connectivity index (χ2v) is 6.06. The molecule has 0 aromatic heterocycles. The molecule has 2 rings (SSSR count). The fourth-order valence-corrected chi connectivity index (χ4v) is 3.05. The molecule has 2 N–H and O–H groups in total. The highest BCUT2D eigenvalue weighted by atomic mass is 79.9. The van der Waals surface area contributed by atoms with Crippen molar-refractivity contribution < 1.29 is 13.2 Å². The number of hydrogen-bond donors (Lipinski definition) is 1. The summed E-state index contributed by atoms with van der Waals surface area (Å²) in [6.07, 6.45) is 0.306. The monoisotopic (exact) mass is 407 g/mol. The smallest absolute Gasteiger partial charge is 0.173 e. The van der Waals surface area contributed by atoms with Crippen molar-refractivity contribution in [2.45, 2.75) is 12.5 Å². The summed E-state index contributed by atoms with van der Waals surface area (Å²) in [7, 11) is 0. The summed E-state index contributed by atoms with van der Waals surface area (Å²) in [6, 6.07) is 6.30. The molecule has 2 aromatic carbocycles. The maximum Gasteiger partial charge on any atom is 0.173 e. The van der Waals surface area contributed by atoms with Crippen LogP contribution < -0.4 is 5.73 Å². The lowest BCUT2D eigenvalue weighted by molar-refractivity contribution is 0.500. The van der Waals surface area contributed by atoms with Crippen molar-refractivity contribution in [1.82, 2.24) is 0 Å². The predicted molar refractivity (Wildman–Crippen MR) is 78.8 cm³/mol. The van der Waals surface area contributed by atoms with E-state index in [-0.39, 0.29) is 10.3 Å². The quantitative estimate of drug-likeness (QED) is 0.720. The van der Waals surface area contributed by atoms with E-state index in [1.165, 1.54) is 18.2 Å². The molecule has 0 heterocycles. The fourth-order valence-electron chi connectivity index (χ4n) is 1.92. The van der Waals surface area contributed by atoms with Gasteiger partial charge in [-0.15, -0.1) is 0 Å². The average molecular weight is 409 g/mol. The highest BCUT2D eigenvalue weighted by Crippen LogP contribution is 2.29. The van der Waals surface area contributed by atoms with Gasteiger partial charge in [0.25, 0.3) is 0 Å². The van der Waals surface area contributed by atoms with Gasteiger partial charge >= 0.3 is 0 Å². The summed E-state index contributed by atoms with van der Waals surface area (Å²) in [5, 5.41) is 0. The van der Waals surface area contributed by atoms with Crippen LogP contribution in [0.25, 0.3) is 0 Å². The molecule has 0 saturated heterocycles. The highest BCUT2D eigenvalue weighted by molar-refractivity contribution is 9.10. The van der Waals surface area contributed by atoms with Gasteiger partial charge in [-0.05, 0) is 57.7 Å². The molecule has 0 fully saturated rings. The Hall–Kier alpha value is -0.850. The van der Waals surface area contributed by atoms with Crippen molar-refractivity contribution in [2.24, 2.45) is 5.73 Å². The summed E-state index contributed by atoms with van der Waals surface area (Å²) in [5.74, 6) is -2.30. The minimum atomic E-state index is -0.974. The molecule has 0 aliphatic rings. The van der Waals surface area contributed by atoms with E-state index in [1.54, 1.807) is 6.07 Å². The van der Waals surface area contributed by atoms with Gasteiger partial charge in [-0.2, -0.15) is 0 Å². The van der Waals surface area contributed by atoms with Gasteiger partial charge < -0.3 is 5.73 Å². The third kappa shape index (κ3) is 3.42. The third-order valence-electron chi connectivity index (χ3n) is 2.84. The number of halogens is 5. The molecule has 0 aliphatic heterocycles. The van der Waals surface area contributed by atoms with Gasteiger partial charge in [0, 0.05) is 10.5 Å². The molecule has 6 heteroatoms. The molecular formula is C14H10Br2F3N. The van der Waals surface area contributed by atoms with Crippen molar-refractivity contribution in [2.75, 3.05) is 0 Å². The van der Waals surface area contributed by atoms with Crippen LogP contribution in [0.15, 0.2) is 39.3 Å².